The molecule has 38 heavy (non-hydrogen) atoms. The van der Waals surface area contributed by atoms with E-state index in [1.807, 2.05) is 12.1 Å². The number of rotatable bonds is 7. The van der Waals surface area contributed by atoms with Gasteiger partial charge in [0.2, 0.25) is 0 Å². The molecule has 10 heteroatoms. The summed E-state index contributed by atoms with van der Waals surface area (Å²) in [6.45, 7) is 0.570. The Balaban J connectivity index is 1.38. The first kappa shape index (κ1) is 25.1. The van der Waals surface area contributed by atoms with E-state index in [0.29, 0.717) is 33.6 Å². The summed E-state index contributed by atoms with van der Waals surface area (Å²) < 4.78 is 45.8. The third-order valence-electron chi connectivity index (χ3n) is 7.57. The number of aromatic nitrogens is 2. The largest absolute Gasteiger partial charge is 0.416 e. The summed E-state index contributed by atoms with van der Waals surface area (Å²) in [5.74, 6) is 0.722. The monoisotopic (exact) mass is 540 g/mol. The van der Waals surface area contributed by atoms with Crippen molar-refractivity contribution in [3.8, 4) is 0 Å². The van der Waals surface area contributed by atoms with Crippen LogP contribution >= 0.6 is 11.3 Å². The predicted octanol–water partition coefficient (Wildman–Crippen LogP) is 6.00. The van der Waals surface area contributed by atoms with E-state index >= 15 is 0 Å². The van der Waals surface area contributed by atoms with Gasteiger partial charge in [0.05, 0.1) is 40.5 Å². The van der Waals surface area contributed by atoms with E-state index in [0.717, 1.165) is 66.3 Å². The molecular weight excluding hydrogens is 513 g/mol. The summed E-state index contributed by atoms with van der Waals surface area (Å²) >= 11 is 1.31. The molecule has 2 aliphatic rings. The number of hydrogen-bond acceptors (Lipinski definition) is 6. The van der Waals surface area contributed by atoms with Gasteiger partial charge in [-0.3, -0.25) is 4.79 Å². The average molecular weight is 541 g/mol. The molecule has 0 radical (unpaired) electrons. The lowest BCUT2D eigenvalue weighted by Crippen LogP contribution is -2.43. The van der Waals surface area contributed by atoms with Crippen molar-refractivity contribution < 1.29 is 22.7 Å². The van der Waals surface area contributed by atoms with Gasteiger partial charge in [-0.1, -0.05) is 0 Å². The maximum atomic E-state index is 14.1. The molecule has 1 saturated carbocycles. The number of fused-ring (bicyclic) bond motifs is 4. The number of nitrogen functional groups attached to an aromatic ring is 1. The fourth-order valence-electron chi connectivity index (χ4n) is 5.53. The molecule has 0 bridgehead atoms. The van der Waals surface area contributed by atoms with Gasteiger partial charge >= 0.3 is 6.18 Å². The first-order valence-electron chi connectivity index (χ1n) is 12.7. The van der Waals surface area contributed by atoms with E-state index < -0.39 is 11.7 Å². The Bertz CT molecular complexity index is 1550. The third kappa shape index (κ3) is 4.60. The minimum Gasteiger partial charge on any atom is -0.383 e. The lowest BCUT2D eigenvalue weighted by Gasteiger charge is -2.31. The smallest absolute Gasteiger partial charge is 0.383 e. The Hall–Kier alpha value is -3.24. The second-order valence-corrected chi connectivity index (χ2v) is 11.2. The zero-order chi connectivity index (χ0) is 26.6. The Morgan fingerprint density at radius 1 is 1.13 bits per heavy atom. The highest BCUT2D eigenvalue weighted by Crippen LogP contribution is 2.39. The number of anilines is 1. The van der Waals surface area contributed by atoms with Gasteiger partial charge in [-0.15, -0.1) is 11.3 Å². The van der Waals surface area contributed by atoms with Crippen molar-refractivity contribution in [2.45, 2.75) is 50.9 Å². The molecule has 2 aromatic heterocycles. The van der Waals surface area contributed by atoms with Crippen molar-refractivity contribution in [2.75, 3.05) is 19.5 Å². The van der Waals surface area contributed by atoms with Crippen molar-refractivity contribution in [3.05, 3.63) is 63.7 Å². The number of nitrogens with zero attached hydrogens (tertiary/aromatic N) is 3. The summed E-state index contributed by atoms with van der Waals surface area (Å²) in [5, 5.41) is 1.54. The fourth-order valence-corrected chi connectivity index (χ4v) is 6.48. The van der Waals surface area contributed by atoms with Crippen LogP contribution in [0.25, 0.3) is 21.1 Å². The molecule has 1 unspecified atom stereocenters. The van der Waals surface area contributed by atoms with Gasteiger partial charge in [0.15, 0.2) is 0 Å². The van der Waals surface area contributed by atoms with Gasteiger partial charge in [-0.25, -0.2) is 9.97 Å². The van der Waals surface area contributed by atoms with Crippen molar-refractivity contribution in [1.82, 2.24) is 14.9 Å². The Labute approximate surface area is 221 Å². The van der Waals surface area contributed by atoms with Crippen LogP contribution in [0.2, 0.25) is 0 Å². The lowest BCUT2D eigenvalue weighted by molar-refractivity contribution is -0.137. The number of thiazole rings is 1. The van der Waals surface area contributed by atoms with Crippen LogP contribution in [-0.4, -0.2) is 40.5 Å². The first-order valence-corrected chi connectivity index (χ1v) is 13.5. The highest BCUT2D eigenvalue weighted by Gasteiger charge is 2.38. The summed E-state index contributed by atoms with van der Waals surface area (Å²) in [7, 11) is 1.61. The molecule has 2 N–H and O–H groups in total. The number of halogens is 3. The van der Waals surface area contributed by atoms with Crippen molar-refractivity contribution >= 4 is 44.2 Å². The SMILES string of the molecule is COCC(C1CC1)N(Cc1nc2cc(C(F)(F)F)ccc2s1)C(=O)c1ccc2nc(N)c3c(c2c1)CCC3. The minimum atomic E-state index is -4.44. The van der Waals surface area contributed by atoms with E-state index in [2.05, 4.69) is 9.97 Å². The number of aryl methyl sites for hydroxylation is 1. The van der Waals surface area contributed by atoms with Crippen molar-refractivity contribution in [3.63, 3.8) is 0 Å². The van der Waals surface area contributed by atoms with Gasteiger partial charge in [0, 0.05) is 18.1 Å². The first-order chi connectivity index (χ1) is 18.2. The summed E-state index contributed by atoms with van der Waals surface area (Å²) in [6, 6.07) is 8.95. The third-order valence-corrected chi connectivity index (χ3v) is 8.59. The molecule has 6 nitrogen and oxygen atoms in total. The summed E-state index contributed by atoms with van der Waals surface area (Å²) in [6.07, 6.45) is 0.364. The minimum absolute atomic E-state index is 0.153. The highest BCUT2D eigenvalue weighted by molar-refractivity contribution is 7.18. The molecule has 198 valence electrons. The average Bonchev–Trinajstić information content (AvgIpc) is 3.44. The van der Waals surface area contributed by atoms with E-state index in [4.69, 9.17) is 10.5 Å². The number of hydrogen-bond donors (Lipinski definition) is 1. The zero-order valence-corrected chi connectivity index (χ0v) is 21.7. The van der Waals surface area contributed by atoms with Crippen LogP contribution in [0.15, 0.2) is 36.4 Å². The number of carbonyl (C=O) groups is 1. The molecule has 0 spiro atoms. The van der Waals surface area contributed by atoms with Crippen LogP contribution in [0.1, 0.15) is 51.3 Å². The number of carbonyl (C=O) groups excluding carboxylic acids is 1. The molecule has 2 aromatic carbocycles. The van der Waals surface area contributed by atoms with Crippen molar-refractivity contribution in [2.24, 2.45) is 5.92 Å². The van der Waals surface area contributed by atoms with E-state index in [1.165, 1.54) is 17.4 Å². The molecule has 0 aliphatic heterocycles. The normalized spacial score (nSPS) is 16.2. The number of ether oxygens (including phenoxy) is 1. The van der Waals surface area contributed by atoms with E-state index in [-0.39, 0.29) is 24.0 Å². The van der Waals surface area contributed by atoms with Crippen LogP contribution in [0.4, 0.5) is 19.0 Å². The number of alkyl halides is 3. The number of amides is 1. The van der Waals surface area contributed by atoms with Gasteiger partial charge in [-0.2, -0.15) is 13.2 Å². The maximum absolute atomic E-state index is 14.1. The van der Waals surface area contributed by atoms with Crippen molar-refractivity contribution in [1.29, 1.82) is 0 Å². The second kappa shape index (κ2) is 9.50. The fraction of sp³-hybridized carbons (Fsp3) is 0.393. The molecule has 1 amide bonds. The molecule has 1 fully saturated rings. The van der Waals surface area contributed by atoms with Gasteiger partial charge in [0.1, 0.15) is 10.8 Å². The number of benzene rings is 2. The van der Waals surface area contributed by atoms with Gasteiger partial charge in [-0.05, 0) is 85.5 Å². The van der Waals surface area contributed by atoms with E-state index in [9.17, 15) is 18.0 Å². The molecule has 6 rings (SSSR count). The summed E-state index contributed by atoms with van der Waals surface area (Å²) in [5.41, 5.74) is 9.28. The van der Waals surface area contributed by atoms with Gasteiger partial charge in [0.25, 0.3) is 5.91 Å². The quantitative estimate of drug-likeness (QED) is 0.311. The van der Waals surface area contributed by atoms with Gasteiger partial charge < -0.3 is 15.4 Å². The Kier molecular flexibility index (Phi) is 6.26. The zero-order valence-electron chi connectivity index (χ0n) is 20.8. The summed E-state index contributed by atoms with van der Waals surface area (Å²) in [4.78, 5) is 24.9. The lowest BCUT2D eigenvalue weighted by atomic mass is 10.0. The topological polar surface area (TPSA) is 81.3 Å². The van der Waals surface area contributed by atoms with Crippen LogP contribution < -0.4 is 5.73 Å². The standard InChI is InChI=1S/C28H27F3N4O2S/c1-37-14-23(15-5-6-15)35(13-25-33-22-12-17(28(29,30)31)8-10-24(22)38-25)27(36)16-7-9-21-20(11-16)18-3-2-4-19(18)26(32)34-21/h7-12,15,23H,2-6,13-14H2,1H3,(H2,32,34). The maximum Gasteiger partial charge on any atom is 0.416 e. The molecule has 2 heterocycles. The molecule has 4 aromatic rings. The Morgan fingerprint density at radius 3 is 2.66 bits per heavy atom. The molecule has 2 aliphatic carbocycles. The van der Waals surface area contributed by atoms with Crippen LogP contribution in [0.5, 0.6) is 0 Å². The van der Waals surface area contributed by atoms with Crippen LogP contribution in [0.3, 0.4) is 0 Å². The molecular formula is C28H27F3N4O2S. The number of nitrogens with two attached hydrogens (primary N) is 1. The van der Waals surface area contributed by atoms with E-state index in [1.54, 1.807) is 18.1 Å². The highest BCUT2D eigenvalue weighted by atomic mass is 32.1. The predicted molar refractivity (Wildman–Crippen MR) is 141 cm³/mol. The second-order valence-electron chi connectivity index (χ2n) is 10.1. The molecule has 1 atom stereocenters. The number of pyridine rings is 1. The molecule has 0 saturated heterocycles. The Morgan fingerprint density at radius 2 is 1.92 bits per heavy atom. The number of methoxy groups -OCH3 is 1. The van der Waals surface area contributed by atoms with Crippen LogP contribution in [0, 0.1) is 5.92 Å². The van der Waals surface area contributed by atoms with Crippen LogP contribution in [-0.2, 0) is 30.3 Å².